The Bertz CT molecular complexity index is 623. The molecular formula is C16H18BrClN2O. The molecule has 1 N–H and O–H groups in total. The van der Waals surface area contributed by atoms with Crippen molar-refractivity contribution in [2.75, 3.05) is 6.54 Å². The summed E-state index contributed by atoms with van der Waals surface area (Å²) in [5.41, 5.74) is 3.01. The van der Waals surface area contributed by atoms with Gasteiger partial charge >= 0.3 is 0 Å². The fourth-order valence-corrected chi connectivity index (χ4v) is 2.51. The zero-order chi connectivity index (χ0) is 15.4. The van der Waals surface area contributed by atoms with Crippen molar-refractivity contribution in [3.63, 3.8) is 0 Å². The lowest BCUT2D eigenvalue weighted by atomic mass is 10.1. The summed E-state index contributed by atoms with van der Waals surface area (Å²) in [5.74, 6) is 1.36. The molecule has 2 rings (SSSR count). The Morgan fingerprint density at radius 1 is 1.24 bits per heavy atom. The largest absolute Gasteiger partial charge is 0.439 e. The number of pyridine rings is 1. The number of rotatable bonds is 5. The molecule has 0 saturated carbocycles. The van der Waals surface area contributed by atoms with Gasteiger partial charge in [-0.25, -0.2) is 4.98 Å². The van der Waals surface area contributed by atoms with Crippen molar-refractivity contribution in [2.24, 2.45) is 0 Å². The lowest BCUT2D eigenvalue weighted by Crippen LogP contribution is -2.13. The first kappa shape index (κ1) is 16.3. The quantitative estimate of drug-likeness (QED) is 0.804. The Morgan fingerprint density at radius 3 is 2.52 bits per heavy atom. The summed E-state index contributed by atoms with van der Waals surface area (Å²) < 4.78 is 6.88. The second-order valence-corrected chi connectivity index (χ2v) is 6.16. The molecule has 0 saturated heterocycles. The fourth-order valence-electron chi connectivity index (χ4n) is 2.02. The molecule has 0 aliphatic carbocycles. The van der Waals surface area contributed by atoms with E-state index in [0.717, 1.165) is 38.5 Å². The molecule has 0 aliphatic rings. The number of ether oxygens (including phenoxy) is 1. The first-order chi connectivity index (χ1) is 10.0. The molecule has 0 radical (unpaired) electrons. The lowest BCUT2D eigenvalue weighted by Gasteiger charge is -2.12. The highest BCUT2D eigenvalue weighted by molar-refractivity contribution is 9.10. The van der Waals surface area contributed by atoms with Crippen LogP contribution in [-0.2, 0) is 6.54 Å². The van der Waals surface area contributed by atoms with Crippen molar-refractivity contribution in [1.82, 2.24) is 10.3 Å². The van der Waals surface area contributed by atoms with Crippen LogP contribution in [-0.4, -0.2) is 11.5 Å². The normalized spacial score (nSPS) is 10.7. The van der Waals surface area contributed by atoms with Crippen molar-refractivity contribution in [3.8, 4) is 11.6 Å². The number of aryl methyl sites for hydroxylation is 2. The van der Waals surface area contributed by atoms with Gasteiger partial charge in [-0.1, -0.05) is 18.5 Å². The Hall–Kier alpha value is -1.10. The van der Waals surface area contributed by atoms with E-state index in [1.54, 1.807) is 6.20 Å². The van der Waals surface area contributed by atoms with Crippen molar-refractivity contribution < 1.29 is 4.74 Å². The van der Waals surface area contributed by atoms with Crippen LogP contribution in [0.1, 0.15) is 23.6 Å². The van der Waals surface area contributed by atoms with Crippen molar-refractivity contribution >= 4 is 27.5 Å². The molecule has 1 heterocycles. The van der Waals surface area contributed by atoms with E-state index in [-0.39, 0.29) is 0 Å². The average Bonchev–Trinajstić information content (AvgIpc) is 2.45. The van der Waals surface area contributed by atoms with Crippen LogP contribution in [0.4, 0.5) is 0 Å². The van der Waals surface area contributed by atoms with Crippen LogP contribution in [0, 0.1) is 13.8 Å². The zero-order valence-electron chi connectivity index (χ0n) is 12.3. The number of nitrogens with zero attached hydrogens (tertiary/aromatic N) is 1. The Balaban J connectivity index is 2.30. The maximum absolute atomic E-state index is 6.19. The van der Waals surface area contributed by atoms with E-state index in [1.165, 1.54) is 0 Å². The molecule has 21 heavy (non-hydrogen) atoms. The van der Waals surface area contributed by atoms with Crippen LogP contribution in [0.15, 0.2) is 28.9 Å². The predicted octanol–water partition coefficient (Wildman–Crippen LogP) is 5.02. The van der Waals surface area contributed by atoms with Gasteiger partial charge < -0.3 is 10.1 Å². The molecule has 5 heteroatoms. The van der Waals surface area contributed by atoms with Crippen LogP contribution in [0.25, 0.3) is 0 Å². The van der Waals surface area contributed by atoms with Crippen LogP contribution in [0.2, 0.25) is 5.02 Å². The maximum atomic E-state index is 6.19. The molecule has 0 spiro atoms. The third-order valence-corrected chi connectivity index (χ3v) is 4.11. The van der Waals surface area contributed by atoms with E-state index >= 15 is 0 Å². The molecule has 2 aromatic rings. The van der Waals surface area contributed by atoms with E-state index in [4.69, 9.17) is 16.3 Å². The topological polar surface area (TPSA) is 34.2 Å². The summed E-state index contributed by atoms with van der Waals surface area (Å²) >= 11 is 9.63. The maximum Gasteiger partial charge on any atom is 0.223 e. The minimum atomic E-state index is 0.611. The molecule has 0 fully saturated rings. The monoisotopic (exact) mass is 368 g/mol. The second-order valence-electron chi connectivity index (χ2n) is 4.87. The molecule has 0 unspecified atom stereocenters. The minimum Gasteiger partial charge on any atom is -0.439 e. The third-order valence-electron chi connectivity index (χ3n) is 3.08. The van der Waals surface area contributed by atoms with Gasteiger partial charge in [0.25, 0.3) is 0 Å². The van der Waals surface area contributed by atoms with Gasteiger partial charge in [-0.05, 0) is 65.6 Å². The summed E-state index contributed by atoms with van der Waals surface area (Å²) in [6.07, 6.45) is 1.74. The summed E-state index contributed by atoms with van der Waals surface area (Å²) in [7, 11) is 0. The Morgan fingerprint density at radius 2 is 1.90 bits per heavy atom. The summed E-state index contributed by atoms with van der Waals surface area (Å²) in [6, 6.07) is 5.87. The molecular weight excluding hydrogens is 352 g/mol. The number of nitrogens with one attached hydrogen (secondary N) is 1. The van der Waals surface area contributed by atoms with E-state index < -0.39 is 0 Å². The average molecular weight is 370 g/mol. The number of halogens is 2. The standard InChI is InChI=1S/C16H18BrClN2O/c1-4-19-8-12-7-13(17)9-20-16(12)21-14-5-10(2)15(18)11(3)6-14/h5-7,9,19H,4,8H2,1-3H3. The predicted molar refractivity (Wildman–Crippen MR) is 90.3 cm³/mol. The fraction of sp³-hybridized carbons (Fsp3) is 0.312. The first-order valence-corrected chi connectivity index (χ1v) is 7.98. The van der Waals surface area contributed by atoms with E-state index in [1.807, 2.05) is 32.0 Å². The van der Waals surface area contributed by atoms with E-state index in [2.05, 4.69) is 33.2 Å². The molecule has 112 valence electrons. The van der Waals surface area contributed by atoms with E-state index in [0.29, 0.717) is 12.4 Å². The van der Waals surface area contributed by atoms with Gasteiger partial charge in [0.1, 0.15) is 5.75 Å². The van der Waals surface area contributed by atoms with Gasteiger partial charge in [-0.2, -0.15) is 0 Å². The molecule has 3 nitrogen and oxygen atoms in total. The SMILES string of the molecule is CCNCc1cc(Br)cnc1Oc1cc(C)c(Cl)c(C)c1. The van der Waals surface area contributed by atoms with E-state index in [9.17, 15) is 0 Å². The van der Waals surface area contributed by atoms with Gasteiger partial charge in [0.05, 0.1) is 0 Å². The molecule has 0 amide bonds. The molecule has 0 atom stereocenters. The smallest absolute Gasteiger partial charge is 0.223 e. The highest BCUT2D eigenvalue weighted by Gasteiger charge is 2.10. The molecule has 1 aromatic heterocycles. The van der Waals surface area contributed by atoms with Crippen LogP contribution in [0.5, 0.6) is 11.6 Å². The Labute approximate surface area is 138 Å². The molecule has 0 bridgehead atoms. The van der Waals surface area contributed by atoms with Gasteiger partial charge in [0.2, 0.25) is 5.88 Å². The molecule has 1 aromatic carbocycles. The number of benzene rings is 1. The van der Waals surface area contributed by atoms with Crippen LogP contribution >= 0.6 is 27.5 Å². The summed E-state index contributed by atoms with van der Waals surface area (Å²) in [4.78, 5) is 4.37. The summed E-state index contributed by atoms with van der Waals surface area (Å²) in [5, 5.41) is 4.06. The highest BCUT2D eigenvalue weighted by atomic mass is 79.9. The number of aromatic nitrogens is 1. The first-order valence-electron chi connectivity index (χ1n) is 6.81. The zero-order valence-corrected chi connectivity index (χ0v) is 14.7. The Kier molecular flexibility index (Phi) is 5.62. The van der Waals surface area contributed by atoms with Crippen molar-refractivity contribution in [1.29, 1.82) is 0 Å². The van der Waals surface area contributed by atoms with Gasteiger partial charge in [-0.15, -0.1) is 0 Å². The van der Waals surface area contributed by atoms with Gasteiger partial charge in [0.15, 0.2) is 0 Å². The van der Waals surface area contributed by atoms with Crippen LogP contribution < -0.4 is 10.1 Å². The molecule has 0 aliphatic heterocycles. The third kappa shape index (κ3) is 4.19. The minimum absolute atomic E-state index is 0.611. The number of hydrogen-bond donors (Lipinski definition) is 1. The lowest BCUT2D eigenvalue weighted by molar-refractivity contribution is 0.452. The van der Waals surface area contributed by atoms with Crippen molar-refractivity contribution in [3.05, 3.63) is 50.6 Å². The van der Waals surface area contributed by atoms with Gasteiger partial charge in [0, 0.05) is 27.8 Å². The summed E-state index contributed by atoms with van der Waals surface area (Å²) in [6.45, 7) is 7.61. The van der Waals surface area contributed by atoms with Gasteiger partial charge in [-0.3, -0.25) is 0 Å². The second kappa shape index (κ2) is 7.25. The van der Waals surface area contributed by atoms with Crippen LogP contribution in [0.3, 0.4) is 0 Å². The highest BCUT2D eigenvalue weighted by Crippen LogP contribution is 2.30. The van der Waals surface area contributed by atoms with Crippen molar-refractivity contribution in [2.45, 2.75) is 27.3 Å². The number of hydrogen-bond acceptors (Lipinski definition) is 3.